The molecule has 0 aliphatic carbocycles. The molecule has 1 aromatic carbocycles. The van der Waals surface area contributed by atoms with Crippen molar-refractivity contribution in [3.63, 3.8) is 0 Å². The molecule has 0 aromatic heterocycles. The molecule has 0 saturated carbocycles. The van der Waals surface area contributed by atoms with Gasteiger partial charge in [0.25, 0.3) is 0 Å². The summed E-state index contributed by atoms with van der Waals surface area (Å²) in [6, 6.07) is 5.73. The summed E-state index contributed by atoms with van der Waals surface area (Å²) in [4.78, 5) is 16.8. The summed E-state index contributed by atoms with van der Waals surface area (Å²) in [5.74, 6) is -0.312. The van der Waals surface area contributed by atoms with Crippen LogP contribution < -0.4 is 4.74 Å². The number of nitrogens with zero attached hydrogens (tertiary/aromatic N) is 2. The summed E-state index contributed by atoms with van der Waals surface area (Å²) in [5.41, 5.74) is 0.656. The lowest BCUT2D eigenvalue weighted by Gasteiger charge is -2.27. The number of ether oxygens (including phenoxy) is 1. The lowest BCUT2D eigenvalue weighted by atomic mass is 10.2. The largest absolute Gasteiger partial charge is 0.573 e. The topological polar surface area (TPSA) is 32.8 Å². The zero-order valence-electron chi connectivity index (χ0n) is 14.5. The first-order valence-electron chi connectivity index (χ1n) is 8.97. The van der Waals surface area contributed by atoms with E-state index in [0.717, 1.165) is 39.0 Å². The summed E-state index contributed by atoms with van der Waals surface area (Å²) in [6.45, 7) is 3.92. The van der Waals surface area contributed by atoms with Crippen molar-refractivity contribution < 1.29 is 22.7 Å². The van der Waals surface area contributed by atoms with Gasteiger partial charge in [-0.1, -0.05) is 12.1 Å². The monoisotopic (exact) mass is 368 g/mol. The van der Waals surface area contributed by atoms with E-state index in [1.807, 2.05) is 4.90 Å². The second kappa shape index (κ2) is 8.12. The van der Waals surface area contributed by atoms with Crippen LogP contribution in [-0.2, 0) is 4.79 Å². The zero-order chi connectivity index (χ0) is 18.6. The number of alkyl halides is 3. The number of hydrogen-bond donors (Lipinski definition) is 0. The maximum Gasteiger partial charge on any atom is 0.573 e. The average Bonchev–Trinajstić information content (AvgIpc) is 3.25. The first-order valence-corrected chi connectivity index (χ1v) is 8.97. The molecule has 7 heteroatoms. The fourth-order valence-electron chi connectivity index (χ4n) is 3.62. The van der Waals surface area contributed by atoms with Crippen LogP contribution in [0.5, 0.6) is 5.75 Å². The molecule has 0 bridgehead atoms. The van der Waals surface area contributed by atoms with Crippen LogP contribution in [0.2, 0.25) is 0 Å². The molecule has 1 amide bonds. The van der Waals surface area contributed by atoms with Crippen LogP contribution >= 0.6 is 0 Å². The molecule has 4 nitrogen and oxygen atoms in total. The van der Waals surface area contributed by atoms with Gasteiger partial charge in [0, 0.05) is 25.2 Å². The minimum absolute atomic E-state index is 0.0395. The van der Waals surface area contributed by atoms with E-state index < -0.39 is 6.36 Å². The number of likely N-dealkylation sites (tertiary alicyclic amines) is 2. The van der Waals surface area contributed by atoms with Gasteiger partial charge in [-0.15, -0.1) is 13.2 Å². The normalized spacial score (nSPS) is 21.7. The maximum absolute atomic E-state index is 12.5. The molecule has 1 unspecified atom stereocenters. The minimum Gasteiger partial charge on any atom is -0.406 e. The van der Waals surface area contributed by atoms with Crippen molar-refractivity contribution in [1.82, 2.24) is 9.80 Å². The van der Waals surface area contributed by atoms with E-state index >= 15 is 0 Å². The van der Waals surface area contributed by atoms with Gasteiger partial charge < -0.3 is 14.5 Å². The summed E-state index contributed by atoms with van der Waals surface area (Å²) in [6.07, 6.45) is 2.94. The quantitative estimate of drug-likeness (QED) is 0.744. The second-order valence-corrected chi connectivity index (χ2v) is 6.79. The third-order valence-corrected chi connectivity index (χ3v) is 4.86. The molecule has 2 heterocycles. The molecular formula is C19H23F3N2O2. The molecule has 0 radical (unpaired) electrons. The number of rotatable bonds is 5. The summed E-state index contributed by atoms with van der Waals surface area (Å²) in [5, 5.41) is 0. The molecule has 1 atom stereocenters. The Morgan fingerprint density at radius 1 is 1.12 bits per heavy atom. The van der Waals surface area contributed by atoms with Crippen LogP contribution in [0.15, 0.2) is 30.3 Å². The molecule has 2 fully saturated rings. The highest BCUT2D eigenvalue weighted by molar-refractivity contribution is 5.92. The van der Waals surface area contributed by atoms with Crippen LogP contribution in [0.4, 0.5) is 13.2 Å². The van der Waals surface area contributed by atoms with Crippen LogP contribution in [0, 0.1) is 0 Å². The standard InChI is InChI=1S/C19H23F3N2O2/c20-19(21,22)26-17-8-5-15(6-9-17)7-10-18(25)24-13-3-4-16(24)14-23-11-1-2-12-23/h5-10,16H,1-4,11-14H2/b10-7+. The van der Waals surface area contributed by atoms with Crippen molar-refractivity contribution in [3.05, 3.63) is 35.9 Å². The molecule has 1 aromatic rings. The Morgan fingerprint density at radius 2 is 1.81 bits per heavy atom. The third kappa shape index (κ3) is 5.24. The minimum atomic E-state index is -4.70. The predicted molar refractivity (Wildman–Crippen MR) is 92.6 cm³/mol. The smallest absolute Gasteiger partial charge is 0.406 e. The summed E-state index contributed by atoms with van der Waals surface area (Å²) in [7, 11) is 0. The highest BCUT2D eigenvalue weighted by Gasteiger charge is 2.31. The van der Waals surface area contributed by atoms with E-state index in [1.54, 1.807) is 6.08 Å². The van der Waals surface area contributed by atoms with Gasteiger partial charge in [0.15, 0.2) is 0 Å². The van der Waals surface area contributed by atoms with Gasteiger partial charge in [-0.25, -0.2) is 0 Å². The molecule has 26 heavy (non-hydrogen) atoms. The van der Waals surface area contributed by atoms with E-state index in [-0.39, 0.29) is 17.7 Å². The number of hydrogen-bond acceptors (Lipinski definition) is 3. The van der Waals surface area contributed by atoms with E-state index in [9.17, 15) is 18.0 Å². The Morgan fingerprint density at radius 3 is 2.46 bits per heavy atom. The first kappa shape index (κ1) is 18.8. The molecule has 142 valence electrons. The molecule has 2 aliphatic heterocycles. The summed E-state index contributed by atoms with van der Waals surface area (Å²) >= 11 is 0. The fraction of sp³-hybridized carbons (Fsp3) is 0.526. The lowest BCUT2D eigenvalue weighted by molar-refractivity contribution is -0.274. The van der Waals surface area contributed by atoms with E-state index in [1.165, 1.54) is 43.2 Å². The van der Waals surface area contributed by atoms with Crippen molar-refractivity contribution in [1.29, 1.82) is 0 Å². The Bertz CT molecular complexity index is 637. The van der Waals surface area contributed by atoms with Crippen molar-refractivity contribution >= 4 is 12.0 Å². The Kier molecular flexibility index (Phi) is 5.86. The average molecular weight is 368 g/mol. The summed E-state index contributed by atoms with van der Waals surface area (Å²) < 4.78 is 40.3. The van der Waals surface area contributed by atoms with E-state index in [0.29, 0.717) is 5.56 Å². The first-order chi connectivity index (χ1) is 12.4. The van der Waals surface area contributed by atoms with Crippen LogP contribution in [-0.4, -0.2) is 54.3 Å². The van der Waals surface area contributed by atoms with Gasteiger partial charge in [-0.2, -0.15) is 0 Å². The predicted octanol–water partition coefficient (Wildman–Crippen LogP) is 3.69. The van der Waals surface area contributed by atoms with Crippen molar-refractivity contribution in [2.45, 2.75) is 38.1 Å². The van der Waals surface area contributed by atoms with Crippen molar-refractivity contribution in [2.75, 3.05) is 26.2 Å². The second-order valence-electron chi connectivity index (χ2n) is 6.79. The number of amides is 1. The Hall–Kier alpha value is -2.02. The van der Waals surface area contributed by atoms with Gasteiger partial charge in [0.05, 0.1) is 0 Å². The number of halogens is 3. The number of carbonyl (C=O) groups is 1. The number of benzene rings is 1. The molecule has 0 N–H and O–H groups in total. The van der Waals surface area contributed by atoms with Crippen LogP contribution in [0.1, 0.15) is 31.2 Å². The van der Waals surface area contributed by atoms with Crippen molar-refractivity contribution in [3.8, 4) is 5.75 Å². The fourth-order valence-corrected chi connectivity index (χ4v) is 3.62. The van der Waals surface area contributed by atoms with Gasteiger partial charge in [-0.3, -0.25) is 4.79 Å². The highest BCUT2D eigenvalue weighted by Crippen LogP contribution is 2.24. The zero-order valence-corrected chi connectivity index (χ0v) is 14.5. The van der Waals surface area contributed by atoms with Crippen molar-refractivity contribution in [2.24, 2.45) is 0 Å². The van der Waals surface area contributed by atoms with Gasteiger partial charge in [0.2, 0.25) is 5.91 Å². The highest BCUT2D eigenvalue weighted by atomic mass is 19.4. The molecule has 3 rings (SSSR count). The van der Waals surface area contributed by atoms with Gasteiger partial charge in [0.1, 0.15) is 5.75 Å². The lowest BCUT2D eigenvalue weighted by Crippen LogP contribution is -2.41. The Labute approximate surface area is 151 Å². The molecule has 0 spiro atoms. The van der Waals surface area contributed by atoms with Gasteiger partial charge in [-0.05, 0) is 62.5 Å². The van der Waals surface area contributed by atoms with Gasteiger partial charge >= 0.3 is 6.36 Å². The Balaban J connectivity index is 1.56. The number of carbonyl (C=O) groups excluding carboxylic acids is 1. The SMILES string of the molecule is O=C(/C=C/c1ccc(OC(F)(F)F)cc1)N1CCCC1CN1CCCC1. The maximum atomic E-state index is 12.5. The third-order valence-electron chi connectivity index (χ3n) is 4.86. The van der Waals surface area contributed by atoms with E-state index in [2.05, 4.69) is 9.64 Å². The molecular weight excluding hydrogens is 345 g/mol. The van der Waals surface area contributed by atoms with Crippen LogP contribution in [0.3, 0.4) is 0 Å². The van der Waals surface area contributed by atoms with E-state index in [4.69, 9.17) is 0 Å². The van der Waals surface area contributed by atoms with Crippen LogP contribution in [0.25, 0.3) is 6.08 Å². The molecule has 2 aliphatic rings. The molecule has 2 saturated heterocycles.